The van der Waals surface area contributed by atoms with Gasteiger partial charge in [0, 0.05) is 38.8 Å². The molecule has 1 aliphatic rings. The normalized spacial score (nSPS) is 19.0. The van der Waals surface area contributed by atoms with E-state index in [1.165, 1.54) is 26.2 Å². The van der Waals surface area contributed by atoms with E-state index in [-0.39, 0.29) is 12.1 Å². The molecular formula is C16H34N4O2. The molecule has 0 aromatic carbocycles. The molecule has 1 amide bonds. The fraction of sp³-hybridized carbons (Fsp3) is 0.938. The van der Waals surface area contributed by atoms with Crippen molar-refractivity contribution < 1.29 is 9.53 Å². The average molecular weight is 314 g/mol. The Morgan fingerprint density at radius 1 is 1.23 bits per heavy atom. The van der Waals surface area contributed by atoms with E-state index in [1.807, 2.05) is 20.8 Å². The monoisotopic (exact) mass is 314 g/mol. The van der Waals surface area contributed by atoms with E-state index in [4.69, 9.17) is 4.74 Å². The van der Waals surface area contributed by atoms with E-state index in [9.17, 15) is 4.79 Å². The van der Waals surface area contributed by atoms with Crippen LogP contribution < -0.4 is 10.6 Å². The number of alkyl carbamates (subject to hydrolysis) is 1. The summed E-state index contributed by atoms with van der Waals surface area (Å²) < 4.78 is 5.21. The number of hydrogen-bond donors (Lipinski definition) is 2. The lowest BCUT2D eigenvalue weighted by Crippen LogP contribution is -2.45. The van der Waals surface area contributed by atoms with Crippen molar-refractivity contribution in [3.05, 3.63) is 0 Å². The molecule has 0 aromatic rings. The summed E-state index contributed by atoms with van der Waals surface area (Å²) in [6, 6.07) is 0.250. The topological polar surface area (TPSA) is 56.8 Å². The van der Waals surface area contributed by atoms with Gasteiger partial charge >= 0.3 is 6.09 Å². The van der Waals surface area contributed by atoms with Crippen LogP contribution in [0.25, 0.3) is 0 Å². The second-order valence-electron chi connectivity index (χ2n) is 7.24. The second-order valence-corrected chi connectivity index (χ2v) is 7.24. The first-order chi connectivity index (χ1) is 10.3. The number of rotatable bonds is 7. The molecule has 0 aliphatic carbocycles. The minimum absolute atomic E-state index is 0.250. The first kappa shape index (κ1) is 19.2. The summed E-state index contributed by atoms with van der Waals surface area (Å²) in [6.07, 6.45) is 0.791. The van der Waals surface area contributed by atoms with E-state index in [2.05, 4.69) is 34.4 Å². The maximum absolute atomic E-state index is 11.6. The summed E-state index contributed by atoms with van der Waals surface area (Å²) in [5.74, 6) is 0. The molecule has 1 aliphatic heterocycles. The summed E-state index contributed by atoms with van der Waals surface area (Å²) in [7, 11) is 2.18. The fourth-order valence-electron chi connectivity index (χ4n) is 2.35. The lowest BCUT2D eigenvalue weighted by Gasteiger charge is -2.32. The summed E-state index contributed by atoms with van der Waals surface area (Å²) >= 11 is 0. The van der Waals surface area contributed by atoms with Crippen molar-refractivity contribution >= 4 is 6.09 Å². The van der Waals surface area contributed by atoms with E-state index in [0.717, 1.165) is 19.5 Å². The highest BCUT2D eigenvalue weighted by atomic mass is 16.6. The summed E-state index contributed by atoms with van der Waals surface area (Å²) in [5, 5.41) is 6.24. The lowest BCUT2D eigenvalue weighted by molar-refractivity contribution is 0.0523. The third-order valence-corrected chi connectivity index (χ3v) is 3.69. The number of amides is 1. The molecule has 1 saturated heterocycles. The Kier molecular flexibility index (Phi) is 8.14. The molecule has 1 heterocycles. The van der Waals surface area contributed by atoms with Gasteiger partial charge in [0.1, 0.15) is 5.60 Å². The molecular weight excluding hydrogens is 280 g/mol. The number of nitrogens with zero attached hydrogens (tertiary/aromatic N) is 2. The Labute approximate surface area is 135 Å². The van der Waals surface area contributed by atoms with Gasteiger partial charge in [0.15, 0.2) is 0 Å². The van der Waals surface area contributed by atoms with Crippen LogP contribution in [0.1, 0.15) is 34.1 Å². The van der Waals surface area contributed by atoms with Crippen molar-refractivity contribution in [2.24, 2.45) is 0 Å². The minimum Gasteiger partial charge on any atom is -0.444 e. The minimum atomic E-state index is -0.441. The quantitative estimate of drug-likeness (QED) is 0.690. The van der Waals surface area contributed by atoms with Gasteiger partial charge in [0.25, 0.3) is 0 Å². The lowest BCUT2D eigenvalue weighted by atomic mass is 10.2. The molecule has 1 unspecified atom stereocenters. The number of nitrogens with one attached hydrogen (secondary N) is 2. The van der Waals surface area contributed by atoms with Crippen LogP contribution in [0.4, 0.5) is 4.79 Å². The summed E-state index contributed by atoms with van der Waals surface area (Å²) in [4.78, 5) is 16.4. The molecule has 0 saturated carbocycles. The predicted molar refractivity (Wildman–Crippen MR) is 90.3 cm³/mol. The van der Waals surface area contributed by atoms with Gasteiger partial charge in [-0.25, -0.2) is 4.79 Å². The molecule has 6 nitrogen and oxygen atoms in total. The standard InChI is InChI=1S/C16H34N4O2/c1-14(13-18-15(21)22-16(2,3)4)17-7-6-8-20-11-9-19(5)10-12-20/h14,17H,6-13H2,1-5H3,(H,18,21). The van der Waals surface area contributed by atoms with Crippen molar-refractivity contribution in [1.29, 1.82) is 0 Å². The molecule has 1 fully saturated rings. The van der Waals surface area contributed by atoms with E-state index in [1.54, 1.807) is 0 Å². The number of hydrogen-bond acceptors (Lipinski definition) is 5. The van der Waals surface area contributed by atoms with Gasteiger partial charge in [0.2, 0.25) is 0 Å². The predicted octanol–water partition coefficient (Wildman–Crippen LogP) is 1.13. The van der Waals surface area contributed by atoms with Crippen molar-refractivity contribution in [1.82, 2.24) is 20.4 Å². The van der Waals surface area contributed by atoms with Gasteiger partial charge in [-0.2, -0.15) is 0 Å². The van der Waals surface area contributed by atoms with E-state index in [0.29, 0.717) is 6.54 Å². The first-order valence-electron chi connectivity index (χ1n) is 8.37. The zero-order chi connectivity index (χ0) is 16.6. The maximum atomic E-state index is 11.6. The zero-order valence-corrected chi connectivity index (χ0v) is 14.9. The first-order valence-corrected chi connectivity index (χ1v) is 8.37. The van der Waals surface area contributed by atoms with E-state index < -0.39 is 5.60 Å². The molecule has 1 rings (SSSR count). The molecule has 2 N–H and O–H groups in total. The fourth-order valence-corrected chi connectivity index (χ4v) is 2.35. The van der Waals surface area contributed by atoms with Crippen LogP contribution >= 0.6 is 0 Å². The highest BCUT2D eigenvalue weighted by molar-refractivity contribution is 5.67. The maximum Gasteiger partial charge on any atom is 0.407 e. The Bertz CT molecular complexity index is 323. The van der Waals surface area contributed by atoms with Crippen LogP contribution in [0.15, 0.2) is 0 Å². The van der Waals surface area contributed by atoms with Gasteiger partial charge in [-0.15, -0.1) is 0 Å². The largest absolute Gasteiger partial charge is 0.444 e. The Morgan fingerprint density at radius 2 is 1.86 bits per heavy atom. The molecule has 0 radical (unpaired) electrons. The van der Waals surface area contributed by atoms with Crippen LogP contribution in [-0.2, 0) is 4.74 Å². The van der Waals surface area contributed by atoms with E-state index >= 15 is 0 Å². The molecule has 0 bridgehead atoms. The van der Waals surface area contributed by atoms with Crippen LogP contribution in [0.3, 0.4) is 0 Å². The Hall–Kier alpha value is -0.850. The van der Waals surface area contributed by atoms with Crippen LogP contribution in [0.5, 0.6) is 0 Å². The Balaban J connectivity index is 2.01. The highest BCUT2D eigenvalue weighted by Gasteiger charge is 2.16. The molecule has 6 heteroatoms. The SMILES string of the molecule is CC(CNC(=O)OC(C)(C)C)NCCCN1CCN(C)CC1. The third-order valence-electron chi connectivity index (χ3n) is 3.69. The number of ether oxygens (including phenoxy) is 1. The van der Waals surface area contributed by atoms with Crippen molar-refractivity contribution in [2.45, 2.75) is 45.8 Å². The van der Waals surface area contributed by atoms with Crippen molar-refractivity contribution in [3.8, 4) is 0 Å². The number of likely N-dealkylation sites (N-methyl/N-ethyl adjacent to an activating group) is 1. The molecule has 22 heavy (non-hydrogen) atoms. The van der Waals surface area contributed by atoms with Crippen LogP contribution in [0, 0.1) is 0 Å². The van der Waals surface area contributed by atoms with Gasteiger partial charge in [-0.05, 0) is 54.3 Å². The van der Waals surface area contributed by atoms with Crippen molar-refractivity contribution in [3.63, 3.8) is 0 Å². The zero-order valence-electron chi connectivity index (χ0n) is 14.9. The van der Waals surface area contributed by atoms with Crippen LogP contribution in [-0.4, -0.2) is 80.4 Å². The van der Waals surface area contributed by atoms with Gasteiger partial charge in [0.05, 0.1) is 0 Å². The Morgan fingerprint density at radius 3 is 2.45 bits per heavy atom. The summed E-state index contributed by atoms with van der Waals surface area (Å²) in [6.45, 7) is 15.1. The summed E-state index contributed by atoms with van der Waals surface area (Å²) in [5.41, 5.74) is -0.441. The molecule has 0 spiro atoms. The molecule has 130 valence electrons. The molecule has 0 aromatic heterocycles. The second kappa shape index (κ2) is 9.33. The number of carbonyl (C=O) groups is 1. The highest BCUT2D eigenvalue weighted by Crippen LogP contribution is 2.06. The number of carbonyl (C=O) groups excluding carboxylic acids is 1. The average Bonchev–Trinajstić information content (AvgIpc) is 2.41. The van der Waals surface area contributed by atoms with Gasteiger partial charge < -0.3 is 25.2 Å². The van der Waals surface area contributed by atoms with Crippen molar-refractivity contribution in [2.75, 3.05) is 52.9 Å². The third kappa shape index (κ3) is 9.23. The van der Waals surface area contributed by atoms with Gasteiger partial charge in [-0.1, -0.05) is 0 Å². The molecule has 1 atom stereocenters. The smallest absolute Gasteiger partial charge is 0.407 e. The van der Waals surface area contributed by atoms with Gasteiger partial charge in [-0.3, -0.25) is 0 Å². The number of piperazine rings is 1. The van der Waals surface area contributed by atoms with Crippen LogP contribution in [0.2, 0.25) is 0 Å².